The molecule has 0 atom stereocenters. The Morgan fingerprint density at radius 2 is 1.75 bits per heavy atom. The Morgan fingerprint density at radius 1 is 1.09 bits per heavy atom. The maximum atomic E-state index is 13.0. The summed E-state index contributed by atoms with van der Waals surface area (Å²) in [5, 5.41) is 2.79. The van der Waals surface area contributed by atoms with E-state index in [0.29, 0.717) is 50.6 Å². The van der Waals surface area contributed by atoms with Gasteiger partial charge < -0.3 is 14.8 Å². The third-order valence-corrected chi connectivity index (χ3v) is 7.46. The summed E-state index contributed by atoms with van der Waals surface area (Å²) in [6, 6.07) is 12.7. The molecule has 1 heterocycles. The molecule has 3 rings (SSSR count). The van der Waals surface area contributed by atoms with Gasteiger partial charge in [-0.15, -0.1) is 0 Å². The largest absolute Gasteiger partial charge is 0.492 e. The molecular weight excluding hydrogens is 428 g/mol. The molecule has 0 radical (unpaired) electrons. The molecule has 174 valence electrons. The SMILES string of the molecule is Cc1ccc(C(=O)NCCOc2ccc(C(C)(C)C)cc2)cc1S(=O)(=O)N1CCOCC1. The van der Waals surface area contributed by atoms with Crippen LogP contribution in [0.15, 0.2) is 47.4 Å². The van der Waals surface area contributed by atoms with Crippen LogP contribution in [0.4, 0.5) is 0 Å². The van der Waals surface area contributed by atoms with Crippen LogP contribution in [-0.4, -0.2) is 58.1 Å². The fourth-order valence-corrected chi connectivity index (χ4v) is 5.09. The highest BCUT2D eigenvalue weighted by molar-refractivity contribution is 7.89. The van der Waals surface area contributed by atoms with Gasteiger partial charge in [-0.05, 0) is 47.7 Å². The molecule has 1 aliphatic rings. The number of benzene rings is 2. The molecule has 0 spiro atoms. The second kappa shape index (κ2) is 10.0. The van der Waals surface area contributed by atoms with Gasteiger partial charge >= 0.3 is 0 Å². The number of ether oxygens (including phenoxy) is 2. The van der Waals surface area contributed by atoms with Crippen molar-refractivity contribution in [3.63, 3.8) is 0 Å². The first-order valence-corrected chi connectivity index (χ1v) is 12.2. The summed E-state index contributed by atoms with van der Waals surface area (Å²) in [5.74, 6) is 0.400. The van der Waals surface area contributed by atoms with Crippen molar-refractivity contribution in [2.45, 2.75) is 38.0 Å². The molecule has 32 heavy (non-hydrogen) atoms. The number of carbonyl (C=O) groups is 1. The van der Waals surface area contributed by atoms with Crippen molar-refractivity contribution in [3.8, 4) is 5.75 Å². The average molecular weight is 461 g/mol. The van der Waals surface area contributed by atoms with E-state index < -0.39 is 10.0 Å². The lowest BCUT2D eigenvalue weighted by Gasteiger charge is -2.26. The van der Waals surface area contributed by atoms with E-state index in [1.807, 2.05) is 24.3 Å². The van der Waals surface area contributed by atoms with E-state index in [9.17, 15) is 13.2 Å². The Balaban J connectivity index is 1.58. The Labute approximate surface area is 190 Å². The van der Waals surface area contributed by atoms with Gasteiger partial charge in [-0.25, -0.2) is 8.42 Å². The number of carbonyl (C=O) groups excluding carboxylic acids is 1. The van der Waals surface area contributed by atoms with E-state index >= 15 is 0 Å². The zero-order valence-electron chi connectivity index (χ0n) is 19.2. The zero-order chi connectivity index (χ0) is 23.4. The molecule has 8 heteroatoms. The number of amides is 1. The topological polar surface area (TPSA) is 84.9 Å². The second-order valence-electron chi connectivity index (χ2n) is 8.88. The van der Waals surface area contributed by atoms with Gasteiger partial charge in [0.25, 0.3) is 5.91 Å². The van der Waals surface area contributed by atoms with Crippen molar-refractivity contribution in [2.75, 3.05) is 39.5 Å². The van der Waals surface area contributed by atoms with Gasteiger partial charge in [0.05, 0.1) is 24.7 Å². The summed E-state index contributed by atoms with van der Waals surface area (Å²) >= 11 is 0. The van der Waals surface area contributed by atoms with Gasteiger partial charge in [0, 0.05) is 18.7 Å². The molecule has 0 bridgehead atoms. The second-order valence-corrected chi connectivity index (χ2v) is 10.8. The zero-order valence-corrected chi connectivity index (χ0v) is 20.0. The minimum absolute atomic E-state index is 0.0780. The molecular formula is C24H32N2O5S. The summed E-state index contributed by atoms with van der Waals surface area (Å²) in [6.45, 7) is 10.2. The van der Waals surface area contributed by atoms with Gasteiger partial charge in [0.15, 0.2) is 0 Å². The molecule has 0 aliphatic carbocycles. The number of nitrogens with one attached hydrogen (secondary N) is 1. The molecule has 2 aromatic rings. The number of nitrogens with zero attached hydrogens (tertiary/aromatic N) is 1. The smallest absolute Gasteiger partial charge is 0.251 e. The van der Waals surface area contributed by atoms with Gasteiger partial charge in [0.2, 0.25) is 10.0 Å². The first-order chi connectivity index (χ1) is 15.1. The lowest BCUT2D eigenvalue weighted by molar-refractivity contribution is 0.0730. The van der Waals surface area contributed by atoms with Crippen LogP contribution < -0.4 is 10.1 Å². The van der Waals surface area contributed by atoms with Crippen LogP contribution in [0.1, 0.15) is 42.3 Å². The van der Waals surface area contributed by atoms with Crippen LogP contribution in [0.25, 0.3) is 0 Å². The molecule has 1 amide bonds. The lowest BCUT2D eigenvalue weighted by Crippen LogP contribution is -2.41. The Hall–Kier alpha value is -2.42. The van der Waals surface area contributed by atoms with Crippen LogP contribution in [0.3, 0.4) is 0 Å². The number of morpholine rings is 1. The molecule has 1 saturated heterocycles. The minimum Gasteiger partial charge on any atom is -0.492 e. The highest BCUT2D eigenvalue weighted by atomic mass is 32.2. The molecule has 2 aromatic carbocycles. The van der Waals surface area contributed by atoms with Crippen molar-refractivity contribution in [2.24, 2.45) is 0 Å². The highest BCUT2D eigenvalue weighted by Crippen LogP contribution is 2.24. The van der Waals surface area contributed by atoms with Gasteiger partial charge in [-0.3, -0.25) is 4.79 Å². The molecule has 1 N–H and O–H groups in total. The number of rotatable bonds is 7. The van der Waals surface area contributed by atoms with Crippen molar-refractivity contribution >= 4 is 15.9 Å². The Bertz CT molecular complexity index is 1040. The normalized spacial score (nSPS) is 15.4. The fraction of sp³-hybridized carbons (Fsp3) is 0.458. The molecule has 7 nitrogen and oxygen atoms in total. The standard InChI is InChI=1S/C24H32N2O5S/c1-18-5-6-19(17-22(18)32(28,29)26-12-15-30-16-13-26)23(27)25-11-14-31-21-9-7-20(8-10-21)24(2,3)4/h5-10,17H,11-16H2,1-4H3,(H,25,27). The first-order valence-electron chi connectivity index (χ1n) is 10.8. The first kappa shape index (κ1) is 24.2. The molecule has 0 unspecified atom stereocenters. The minimum atomic E-state index is -3.68. The van der Waals surface area contributed by atoms with Crippen molar-refractivity contribution in [1.29, 1.82) is 0 Å². The highest BCUT2D eigenvalue weighted by Gasteiger charge is 2.28. The summed E-state index contributed by atoms with van der Waals surface area (Å²) in [7, 11) is -3.68. The summed E-state index contributed by atoms with van der Waals surface area (Å²) in [6.07, 6.45) is 0. The lowest BCUT2D eigenvalue weighted by atomic mass is 9.87. The van der Waals surface area contributed by atoms with Crippen molar-refractivity contribution < 1.29 is 22.7 Å². The summed E-state index contributed by atoms with van der Waals surface area (Å²) < 4.78 is 38.4. The Kier molecular flexibility index (Phi) is 7.59. The van der Waals surface area contributed by atoms with Gasteiger partial charge in [-0.1, -0.05) is 39.0 Å². The van der Waals surface area contributed by atoms with Gasteiger partial charge in [-0.2, -0.15) is 4.31 Å². The van der Waals surface area contributed by atoms with Crippen LogP contribution in [0, 0.1) is 6.92 Å². The average Bonchev–Trinajstić information content (AvgIpc) is 2.77. The van der Waals surface area contributed by atoms with Crippen LogP contribution in [0.2, 0.25) is 0 Å². The monoisotopic (exact) mass is 460 g/mol. The quantitative estimate of drug-likeness (QED) is 0.642. The van der Waals surface area contributed by atoms with E-state index in [1.165, 1.54) is 15.9 Å². The van der Waals surface area contributed by atoms with E-state index in [4.69, 9.17) is 9.47 Å². The fourth-order valence-electron chi connectivity index (χ4n) is 3.43. The maximum absolute atomic E-state index is 13.0. The van der Waals surface area contributed by atoms with E-state index in [0.717, 1.165) is 5.75 Å². The number of sulfonamides is 1. The summed E-state index contributed by atoms with van der Waals surface area (Å²) in [5.41, 5.74) is 2.21. The van der Waals surface area contributed by atoms with E-state index in [1.54, 1.807) is 19.1 Å². The van der Waals surface area contributed by atoms with E-state index in [-0.39, 0.29) is 16.2 Å². The Morgan fingerprint density at radius 3 is 2.38 bits per heavy atom. The predicted molar refractivity (Wildman–Crippen MR) is 124 cm³/mol. The molecule has 1 aliphatic heterocycles. The van der Waals surface area contributed by atoms with Crippen molar-refractivity contribution in [1.82, 2.24) is 9.62 Å². The molecule has 0 aromatic heterocycles. The summed E-state index contributed by atoms with van der Waals surface area (Å²) in [4.78, 5) is 12.7. The number of hydrogen-bond donors (Lipinski definition) is 1. The molecule has 1 fully saturated rings. The van der Waals surface area contributed by atoms with Crippen LogP contribution >= 0.6 is 0 Å². The van der Waals surface area contributed by atoms with Crippen LogP contribution in [-0.2, 0) is 20.2 Å². The van der Waals surface area contributed by atoms with Crippen LogP contribution in [0.5, 0.6) is 5.75 Å². The predicted octanol–water partition coefficient (Wildman–Crippen LogP) is 3.12. The van der Waals surface area contributed by atoms with Gasteiger partial charge in [0.1, 0.15) is 12.4 Å². The third-order valence-electron chi connectivity index (χ3n) is 5.41. The number of hydrogen-bond acceptors (Lipinski definition) is 5. The maximum Gasteiger partial charge on any atom is 0.251 e. The molecule has 0 saturated carbocycles. The number of aryl methyl sites for hydroxylation is 1. The van der Waals surface area contributed by atoms with E-state index in [2.05, 4.69) is 26.1 Å². The van der Waals surface area contributed by atoms with Crippen molar-refractivity contribution in [3.05, 3.63) is 59.2 Å². The third kappa shape index (κ3) is 5.88.